The first kappa shape index (κ1) is 11.8. The van der Waals surface area contributed by atoms with Crippen LogP contribution in [-0.2, 0) is 20.6 Å². The summed E-state index contributed by atoms with van der Waals surface area (Å²) in [4.78, 5) is 10.8. The topological polar surface area (TPSA) is 72.5 Å². The lowest BCUT2D eigenvalue weighted by Gasteiger charge is -2.03. The van der Waals surface area contributed by atoms with Crippen molar-refractivity contribution in [3.05, 3.63) is 35.9 Å². The molecule has 0 aliphatic rings. The highest BCUT2D eigenvalue weighted by Gasteiger charge is 2.11. The molecule has 0 spiro atoms. The maximum absolute atomic E-state index is 10.8. The van der Waals surface area contributed by atoms with E-state index in [2.05, 4.69) is 4.74 Å². The third-order valence-electron chi connectivity index (χ3n) is 1.42. The van der Waals surface area contributed by atoms with Crippen LogP contribution >= 0.6 is 10.7 Å². The van der Waals surface area contributed by atoms with Gasteiger partial charge in [0.1, 0.15) is 6.61 Å². The van der Waals surface area contributed by atoms with E-state index in [4.69, 9.17) is 10.7 Å². The van der Waals surface area contributed by atoms with Gasteiger partial charge in [0.05, 0.1) is 0 Å². The minimum atomic E-state index is -4.08. The van der Waals surface area contributed by atoms with E-state index in [-0.39, 0.29) is 6.61 Å². The summed E-state index contributed by atoms with van der Waals surface area (Å²) in [5.41, 5.74) is 0.750. The summed E-state index contributed by atoms with van der Waals surface area (Å²) in [6, 6.07) is 8.83. The van der Waals surface area contributed by atoms with Crippen LogP contribution in [0.4, 0.5) is 4.79 Å². The second-order valence-electron chi connectivity index (χ2n) is 2.60. The average molecular weight is 250 g/mol. The highest BCUT2D eigenvalue weighted by molar-refractivity contribution is 8.12. The molecule has 0 atom stereocenters. The van der Waals surface area contributed by atoms with E-state index in [0.717, 1.165) is 5.56 Å². The Hall–Kier alpha value is -1.27. The number of rotatable bonds is 3. The summed E-state index contributed by atoms with van der Waals surface area (Å²) < 4.78 is 26.9. The molecule has 0 bridgehead atoms. The number of ether oxygens (including phenoxy) is 1. The minimum absolute atomic E-state index is 0.0148. The molecular weight excluding hydrogens is 242 g/mol. The van der Waals surface area contributed by atoms with Gasteiger partial charge in [0.2, 0.25) is 0 Å². The minimum Gasteiger partial charge on any atom is -0.444 e. The molecule has 1 N–H and O–H groups in total. The van der Waals surface area contributed by atoms with Crippen molar-refractivity contribution in [2.75, 3.05) is 0 Å². The van der Waals surface area contributed by atoms with Gasteiger partial charge in [-0.1, -0.05) is 30.3 Å². The van der Waals surface area contributed by atoms with Crippen molar-refractivity contribution in [1.82, 2.24) is 4.72 Å². The van der Waals surface area contributed by atoms with Gasteiger partial charge in [0.15, 0.2) is 0 Å². The second-order valence-corrected chi connectivity index (χ2v) is 4.90. The van der Waals surface area contributed by atoms with Crippen LogP contribution < -0.4 is 4.72 Å². The number of hydrogen-bond acceptors (Lipinski definition) is 4. The van der Waals surface area contributed by atoms with Gasteiger partial charge in [-0.2, -0.15) is 8.42 Å². The maximum atomic E-state index is 10.8. The number of nitrogens with one attached hydrogen (secondary N) is 1. The SMILES string of the molecule is O=C(NS(=O)(=O)Cl)OCc1ccccc1. The van der Waals surface area contributed by atoms with E-state index in [0.29, 0.717) is 0 Å². The molecular formula is C8H8ClNO4S. The Morgan fingerprint density at radius 3 is 2.47 bits per heavy atom. The molecule has 1 amide bonds. The number of halogens is 1. The Bertz CT molecular complexity index is 431. The second kappa shape index (κ2) is 4.99. The molecule has 82 valence electrons. The van der Waals surface area contributed by atoms with E-state index < -0.39 is 15.3 Å². The summed E-state index contributed by atoms with van der Waals surface area (Å²) in [6.45, 7) is -0.0148. The third-order valence-corrected chi connectivity index (χ3v) is 2.06. The summed E-state index contributed by atoms with van der Waals surface area (Å²) in [7, 11) is 0.690. The van der Waals surface area contributed by atoms with Crippen molar-refractivity contribution in [3.63, 3.8) is 0 Å². The van der Waals surface area contributed by atoms with Gasteiger partial charge in [-0.25, -0.2) is 9.52 Å². The quantitative estimate of drug-likeness (QED) is 0.822. The van der Waals surface area contributed by atoms with Crippen LogP contribution in [0.3, 0.4) is 0 Å². The fourth-order valence-electron chi connectivity index (χ4n) is 0.852. The molecule has 1 aromatic carbocycles. The van der Waals surface area contributed by atoms with Crippen molar-refractivity contribution >= 4 is 26.0 Å². The monoisotopic (exact) mass is 249 g/mol. The standard InChI is InChI=1S/C8H8ClNO4S/c9-15(12,13)10-8(11)14-6-7-4-2-1-3-5-7/h1-5H,6H2,(H,10,11). The zero-order chi connectivity index (χ0) is 11.3. The number of carbonyl (C=O) groups is 1. The Morgan fingerprint density at radius 2 is 1.93 bits per heavy atom. The highest BCUT2D eigenvalue weighted by Crippen LogP contribution is 2.01. The Labute approximate surface area is 91.6 Å². The van der Waals surface area contributed by atoms with Crippen LogP contribution in [0.2, 0.25) is 0 Å². The average Bonchev–Trinajstić information content (AvgIpc) is 2.14. The molecule has 0 aliphatic heterocycles. The fraction of sp³-hybridized carbons (Fsp3) is 0.125. The van der Waals surface area contributed by atoms with Gasteiger partial charge >= 0.3 is 15.3 Å². The number of benzene rings is 1. The van der Waals surface area contributed by atoms with Gasteiger partial charge in [-0.15, -0.1) is 0 Å². The lowest BCUT2D eigenvalue weighted by molar-refractivity contribution is 0.146. The summed E-state index contributed by atoms with van der Waals surface area (Å²) >= 11 is 0. The molecule has 0 saturated heterocycles. The van der Waals surface area contributed by atoms with Crippen LogP contribution in [-0.4, -0.2) is 14.5 Å². The third kappa shape index (κ3) is 5.24. The Morgan fingerprint density at radius 1 is 1.33 bits per heavy atom. The van der Waals surface area contributed by atoms with Gasteiger partial charge < -0.3 is 4.74 Å². The van der Waals surface area contributed by atoms with Crippen LogP contribution in [0, 0.1) is 0 Å². The van der Waals surface area contributed by atoms with Gasteiger partial charge in [0, 0.05) is 10.7 Å². The van der Waals surface area contributed by atoms with Crippen molar-refractivity contribution < 1.29 is 17.9 Å². The summed E-state index contributed by atoms with van der Waals surface area (Å²) in [5.74, 6) is 0. The molecule has 7 heteroatoms. The lowest BCUT2D eigenvalue weighted by atomic mass is 10.2. The highest BCUT2D eigenvalue weighted by atomic mass is 35.7. The fourth-order valence-corrected chi connectivity index (χ4v) is 1.30. The molecule has 0 aromatic heterocycles. The molecule has 15 heavy (non-hydrogen) atoms. The van der Waals surface area contributed by atoms with E-state index in [1.54, 1.807) is 24.3 Å². The number of hydrogen-bond donors (Lipinski definition) is 1. The van der Waals surface area contributed by atoms with E-state index in [9.17, 15) is 13.2 Å². The van der Waals surface area contributed by atoms with Crippen molar-refractivity contribution in [3.8, 4) is 0 Å². The smallest absolute Gasteiger partial charge is 0.422 e. The summed E-state index contributed by atoms with van der Waals surface area (Å²) in [6.07, 6.45) is -1.10. The molecule has 0 unspecified atom stereocenters. The van der Waals surface area contributed by atoms with E-state index >= 15 is 0 Å². The van der Waals surface area contributed by atoms with Crippen LogP contribution in [0.5, 0.6) is 0 Å². The molecule has 1 rings (SSSR count). The molecule has 1 aromatic rings. The zero-order valence-electron chi connectivity index (χ0n) is 7.51. The summed E-state index contributed by atoms with van der Waals surface area (Å²) in [5, 5.41) is 0. The molecule has 0 heterocycles. The van der Waals surface area contributed by atoms with E-state index in [1.165, 1.54) is 4.72 Å². The molecule has 0 radical (unpaired) electrons. The number of carbonyl (C=O) groups excluding carboxylic acids is 1. The van der Waals surface area contributed by atoms with Crippen molar-refractivity contribution in [1.29, 1.82) is 0 Å². The van der Waals surface area contributed by atoms with Crippen molar-refractivity contribution in [2.24, 2.45) is 0 Å². The maximum Gasteiger partial charge on any atom is 0.422 e. The molecule has 5 nitrogen and oxygen atoms in total. The first-order valence-electron chi connectivity index (χ1n) is 3.90. The first-order valence-corrected chi connectivity index (χ1v) is 6.21. The van der Waals surface area contributed by atoms with Gasteiger partial charge in [-0.3, -0.25) is 0 Å². The van der Waals surface area contributed by atoms with Gasteiger partial charge in [0.25, 0.3) is 0 Å². The zero-order valence-corrected chi connectivity index (χ0v) is 9.09. The first-order chi connectivity index (χ1) is 6.97. The predicted molar refractivity (Wildman–Crippen MR) is 54.5 cm³/mol. The molecule has 0 aliphatic carbocycles. The Kier molecular flexibility index (Phi) is 3.93. The van der Waals surface area contributed by atoms with Gasteiger partial charge in [-0.05, 0) is 5.56 Å². The lowest BCUT2D eigenvalue weighted by Crippen LogP contribution is -2.27. The predicted octanol–water partition coefficient (Wildman–Crippen LogP) is 1.40. The number of amides is 1. The Balaban J connectivity index is 2.42. The molecule has 0 saturated carbocycles. The van der Waals surface area contributed by atoms with Crippen LogP contribution in [0.15, 0.2) is 30.3 Å². The normalized spacial score (nSPS) is 10.7. The van der Waals surface area contributed by atoms with E-state index in [1.807, 2.05) is 6.07 Å². The molecule has 0 fully saturated rings. The largest absolute Gasteiger partial charge is 0.444 e. The van der Waals surface area contributed by atoms with Crippen LogP contribution in [0.25, 0.3) is 0 Å². The van der Waals surface area contributed by atoms with Crippen molar-refractivity contribution in [2.45, 2.75) is 6.61 Å². The van der Waals surface area contributed by atoms with Crippen LogP contribution in [0.1, 0.15) is 5.56 Å².